The van der Waals surface area contributed by atoms with Crippen LogP contribution in [-0.2, 0) is 21.2 Å². The number of hydrogen-bond donors (Lipinski definition) is 1. The van der Waals surface area contributed by atoms with Crippen LogP contribution in [0.25, 0.3) is 10.8 Å². The standard InChI is InChI=1S/C20H20N2O3S2/c23-19(21-17-8-7-15-5-1-2-6-16(15)13-17)14-18-9-10-20(26-18)27(24,25)22-11-3-4-12-22/h1-2,5-10,13H,3-4,11-12,14H2,(H,21,23). The second-order valence-electron chi connectivity index (χ2n) is 6.62. The predicted molar refractivity (Wildman–Crippen MR) is 109 cm³/mol. The summed E-state index contributed by atoms with van der Waals surface area (Å²) < 4.78 is 27.0. The van der Waals surface area contributed by atoms with Crippen molar-refractivity contribution in [3.63, 3.8) is 0 Å². The maximum absolute atomic E-state index is 12.6. The highest BCUT2D eigenvalue weighted by Crippen LogP contribution is 2.28. The fraction of sp³-hybridized carbons (Fsp3) is 0.250. The lowest BCUT2D eigenvalue weighted by Gasteiger charge is -2.13. The van der Waals surface area contributed by atoms with E-state index in [1.807, 2.05) is 42.5 Å². The van der Waals surface area contributed by atoms with Crippen LogP contribution in [0.1, 0.15) is 17.7 Å². The molecule has 0 spiro atoms. The van der Waals surface area contributed by atoms with Gasteiger partial charge in [0.25, 0.3) is 10.0 Å². The molecule has 1 aliphatic rings. The molecule has 2 aromatic carbocycles. The molecule has 7 heteroatoms. The van der Waals surface area contributed by atoms with Gasteiger partial charge in [-0.3, -0.25) is 4.79 Å². The maximum Gasteiger partial charge on any atom is 0.252 e. The Morgan fingerprint density at radius 1 is 1.00 bits per heavy atom. The summed E-state index contributed by atoms with van der Waals surface area (Å²) in [5, 5.41) is 5.07. The number of thiophene rings is 1. The van der Waals surface area contributed by atoms with Crippen molar-refractivity contribution in [2.24, 2.45) is 0 Å². The van der Waals surface area contributed by atoms with Crippen LogP contribution < -0.4 is 5.32 Å². The van der Waals surface area contributed by atoms with Crippen molar-refractivity contribution < 1.29 is 13.2 Å². The first kappa shape index (κ1) is 18.2. The number of hydrogen-bond acceptors (Lipinski definition) is 4. The molecule has 0 unspecified atom stereocenters. The molecule has 2 heterocycles. The van der Waals surface area contributed by atoms with E-state index in [2.05, 4.69) is 5.32 Å². The van der Waals surface area contributed by atoms with Crippen molar-refractivity contribution in [3.8, 4) is 0 Å². The molecular weight excluding hydrogens is 380 g/mol. The number of anilines is 1. The molecule has 1 aromatic heterocycles. The number of benzene rings is 2. The lowest BCUT2D eigenvalue weighted by molar-refractivity contribution is -0.115. The van der Waals surface area contributed by atoms with E-state index in [-0.39, 0.29) is 12.3 Å². The number of fused-ring (bicyclic) bond motifs is 1. The highest BCUT2D eigenvalue weighted by atomic mass is 32.2. The molecule has 0 aliphatic carbocycles. The SMILES string of the molecule is O=C(Cc1ccc(S(=O)(=O)N2CCCC2)s1)Nc1ccc2ccccc2c1. The molecule has 27 heavy (non-hydrogen) atoms. The highest BCUT2D eigenvalue weighted by molar-refractivity contribution is 7.91. The van der Waals surface area contributed by atoms with Crippen LogP contribution in [-0.4, -0.2) is 31.7 Å². The molecule has 0 saturated carbocycles. The van der Waals surface area contributed by atoms with Crippen molar-refractivity contribution in [1.82, 2.24) is 4.31 Å². The van der Waals surface area contributed by atoms with Crippen LogP contribution in [0.3, 0.4) is 0 Å². The van der Waals surface area contributed by atoms with Crippen LogP contribution in [0.15, 0.2) is 58.8 Å². The Morgan fingerprint density at radius 3 is 2.52 bits per heavy atom. The summed E-state index contributed by atoms with van der Waals surface area (Å²) in [5.74, 6) is -0.155. The third-order valence-electron chi connectivity index (χ3n) is 4.66. The quantitative estimate of drug-likeness (QED) is 0.707. The Hall–Kier alpha value is -2.22. The van der Waals surface area contributed by atoms with Gasteiger partial charge in [0.05, 0.1) is 6.42 Å². The van der Waals surface area contributed by atoms with Crippen molar-refractivity contribution >= 4 is 43.7 Å². The molecule has 4 rings (SSSR count). The van der Waals surface area contributed by atoms with E-state index in [0.717, 1.165) is 34.2 Å². The molecule has 3 aromatic rings. The molecule has 5 nitrogen and oxygen atoms in total. The Bertz CT molecular complexity index is 1080. The monoisotopic (exact) mass is 400 g/mol. The third-order valence-corrected chi connectivity index (χ3v) is 8.12. The van der Waals surface area contributed by atoms with Crippen LogP contribution >= 0.6 is 11.3 Å². The first-order valence-corrected chi connectivity index (χ1v) is 11.2. The van der Waals surface area contributed by atoms with Crippen LogP contribution in [0.5, 0.6) is 0 Å². The van der Waals surface area contributed by atoms with E-state index >= 15 is 0 Å². The van der Waals surface area contributed by atoms with Gasteiger partial charge in [0, 0.05) is 23.7 Å². The van der Waals surface area contributed by atoms with Gasteiger partial charge in [0.2, 0.25) is 5.91 Å². The summed E-state index contributed by atoms with van der Waals surface area (Å²) in [6, 6.07) is 17.1. The Morgan fingerprint density at radius 2 is 1.74 bits per heavy atom. The number of rotatable bonds is 5. The van der Waals surface area contributed by atoms with Crippen molar-refractivity contribution in [3.05, 3.63) is 59.5 Å². The first-order chi connectivity index (χ1) is 13.0. The lowest BCUT2D eigenvalue weighted by atomic mass is 10.1. The van der Waals surface area contributed by atoms with Crippen molar-refractivity contribution in [2.75, 3.05) is 18.4 Å². The van der Waals surface area contributed by atoms with Gasteiger partial charge in [-0.15, -0.1) is 11.3 Å². The topological polar surface area (TPSA) is 66.5 Å². The lowest BCUT2D eigenvalue weighted by Crippen LogP contribution is -2.27. The Kier molecular flexibility index (Phi) is 4.99. The molecule has 1 N–H and O–H groups in total. The molecule has 140 valence electrons. The number of carbonyl (C=O) groups is 1. The molecule has 1 fully saturated rings. The Balaban J connectivity index is 1.44. The second kappa shape index (κ2) is 7.42. The van der Waals surface area contributed by atoms with Crippen molar-refractivity contribution in [1.29, 1.82) is 0 Å². The fourth-order valence-corrected chi connectivity index (χ4v) is 6.30. The maximum atomic E-state index is 12.6. The van der Waals surface area contributed by atoms with Gasteiger partial charge in [-0.1, -0.05) is 30.3 Å². The van der Waals surface area contributed by atoms with Crippen LogP contribution in [0, 0.1) is 0 Å². The molecule has 0 radical (unpaired) electrons. The summed E-state index contributed by atoms with van der Waals surface area (Å²) in [6.45, 7) is 1.16. The summed E-state index contributed by atoms with van der Waals surface area (Å²) in [6.07, 6.45) is 1.98. The van der Waals surface area contributed by atoms with Crippen molar-refractivity contribution in [2.45, 2.75) is 23.5 Å². The molecule has 0 bridgehead atoms. The average molecular weight is 401 g/mol. The van der Waals surface area contributed by atoms with Gasteiger partial charge < -0.3 is 5.32 Å². The smallest absolute Gasteiger partial charge is 0.252 e. The molecule has 1 aliphatic heterocycles. The van der Waals surface area contributed by atoms with E-state index in [0.29, 0.717) is 17.3 Å². The van der Waals surface area contributed by atoms with E-state index in [1.54, 1.807) is 12.1 Å². The average Bonchev–Trinajstić information content (AvgIpc) is 3.34. The summed E-state index contributed by atoms with van der Waals surface area (Å²) in [5.41, 5.74) is 0.736. The largest absolute Gasteiger partial charge is 0.326 e. The van der Waals surface area contributed by atoms with Gasteiger partial charge in [-0.05, 0) is 47.9 Å². The predicted octanol–water partition coefficient (Wildman–Crippen LogP) is 3.87. The van der Waals surface area contributed by atoms with Gasteiger partial charge in [-0.2, -0.15) is 4.31 Å². The van der Waals surface area contributed by atoms with E-state index in [4.69, 9.17) is 0 Å². The zero-order chi connectivity index (χ0) is 18.9. The second-order valence-corrected chi connectivity index (χ2v) is 9.95. The zero-order valence-electron chi connectivity index (χ0n) is 14.7. The summed E-state index contributed by atoms with van der Waals surface area (Å²) in [4.78, 5) is 13.1. The van der Waals surface area contributed by atoms with Gasteiger partial charge in [0.1, 0.15) is 4.21 Å². The zero-order valence-corrected chi connectivity index (χ0v) is 16.4. The number of sulfonamides is 1. The summed E-state index contributed by atoms with van der Waals surface area (Å²) in [7, 11) is -3.42. The minimum atomic E-state index is -3.42. The normalized spacial score (nSPS) is 15.3. The number of nitrogens with zero attached hydrogens (tertiary/aromatic N) is 1. The minimum absolute atomic E-state index is 0.155. The molecular formula is C20H20N2O3S2. The molecule has 0 atom stereocenters. The molecule has 1 saturated heterocycles. The van der Waals surface area contributed by atoms with Gasteiger partial charge >= 0.3 is 0 Å². The van der Waals surface area contributed by atoms with Crippen LogP contribution in [0.2, 0.25) is 0 Å². The van der Waals surface area contributed by atoms with E-state index in [9.17, 15) is 13.2 Å². The fourth-order valence-electron chi connectivity index (χ4n) is 3.28. The minimum Gasteiger partial charge on any atom is -0.326 e. The van der Waals surface area contributed by atoms with Crippen LogP contribution in [0.4, 0.5) is 5.69 Å². The number of nitrogens with one attached hydrogen (secondary N) is 1. The third kappa shape index (κ3) is 3.90. The van der Waals surface area contributed by atoms with Gasteiger partial charge in [0.15, 0.2) is 0 Å². The molecule has 1 amide bonds. The number of carbonyl (C=O) groups excluding carboxylic acids is 1. The van der Waals surface area contributed by atoms with E-state index in [1.165, 1.54) is 15.6 Å². The first-order valence-electron chi connectivity index (χ1n) is 8.90. The summed E-state index contributed by atoms with van der Waals surface area (Å²) >= 11 is 1.18. The number of amides is 1. The van der Waals surface area contributed by atoms with E-state index < -0.39 is 10.0 Å². The Labute approximate surface area is 162 Å². The van der Waals surface area contributed by atoms with Gasteiger partial charge in [-0.25, -0.2) is 8.42 Å². The highest BCUT2D eigenvalue weighted by Gasteiger charge is 2.28.